The van der Waals surface area contributed by atoms with Crippen LogP contribution < -0.4 is 5.32 Å². The lowest BCUT2D eigenvalue weighted by Gasteiger charge is -2.25. The summed E-state index contributed by atoms with van der Waals surface area (Å²) in [6.07, 6.45) is 8.74. The number of anilines is 1. The largest absolute Gasteiger partial charge is 0.353 e. The van der Waals surface area contributed by atoms with Crippen LogP contribution >= 0.6 is 11.3 Å². The van der Waals surface area contributed by atoms with E-state index in [1.54, 1.807) is 11.3 Å². The highest BCUT2D eigenvalue weighted by Crippen LogP contribution is 2.35. The standard InChI is InChI=1S/C19H26N4OS/c1-3-13-8-9-14-17(12-13)25-18(20-14)21-19(24)23-11-5-7-16(23)15-6-4-10-22(15)2/h4,6,10,13,16H,3,5,7-9,11-12H2,1-2H3,(H,20,21,24). The number of aromatic nitrogens is 2. The van der Waals surface area contributed by atoms with Gasteiger partial charge in [-0.3, -0.25) is 5.32 Å². The summed E-state index contributed by atoms with van der Waals surface area (Å²) in [5, 5.41) is 3.84. The summed E-state index contributed by atoms with van der Waals surface area (Å²) in [5.41, 5.74) is 2.40. The molecule has 134 valence electrons. The van der Waals surface area contributed by atoms with Crippen LogP contribution in [-0.2, 0) is 19.9 Å². The molecule has 0 aromatic carbocycles. The molecule has 2 aromatic rings. The van der Waals surface area contributed by atoms with Gasteiger partial charge in [0.1, 0.15) is 0 Å². The van der Waals surface area contributed by atoms with E-state index in [-0.39, 0.29) is 12.1 Å². The van der Waals surface area contributed by atoms with Gasteiger partial charge in [0, 0.05) is 30.4 Å². The zero-order valence-corrected chi connectivity index (χ0v) is 15.8. The average Bonchev–Trinajstić information content (AvgIpc) is 3.31. The molecule has 1 aliphatic carbocycles. The Balaban J connectivity index is 1.47. The van der Waals surface area contributed by atoms with Gasteiger partial charge in [-0.05, 0) is 50.2 Å². The van der Waals surface area contributed by atoms with E-state index in [9.17, 15) is 4.79 Å². The number of rotatable bonds is 3. The number of carbonyl (C=O) groups excluding carboxylic acids is 1. The third kappa shape index (κ3) is 3.19. The van der Waals surface area contributed by atoms with Crippen molar-refractivity contribution in [3.8, 4) is 0 Å². The number of nitrogens with zero attached hydrogens (tertiary/aromatic N) is 3. The molecule has 0 radical (unpaired) electrons. The summed E-state index contributed by atoms with van der Waals surface area (Å²) in [6, 6.07) is 4.31. The lowest BCUT2D eigenvalue weighted by Crippen LogP contribution is -2.35. The second-order valence-electron chi connectivity index (χ2n) is 7.23. The summed E-state index contributed by atoms with van der Waals surface area (Å²) in [4.78, 5) is 20.9. The first-order valence-electron chi connectivity index (χ1n) is 9.33. The summed E-state index contributed by atoms with van der Waals surface area (Å²) >= 11 is 1.67. The molecular weight excluding hydrogens is 332 g/mol. The Labute approximate surface area is 153 Å². The van der Waals surface area contributed by atoms with E-state index in [0.717, 1.165) is 43.3 Å². The Hall–Kier alpha value is -1.82. The van der Waals surface area contributed by atoms with Crippen molar-refractivity contribution >= 4 is 22.5 Å². The predicted octanol–water partition coefficient (Wildman–Crippen LogP) is 4.37. The summed E-state index contributed by atoms with van der Waals surface area (Å²) in [7, 11) is 2.04. The minimum atomic E-state index is -0.0122. The normalized spacial score (nSPS) is 22.9. The quantitative estimate of drug-likeness (QED) is 0.886. The van der Waals surface area contributed by atoms with Crippen LogP contribution in [0.4, 0.5) is 9.93 Å². The summed E-state index contributed by atoms with van der Waals surface area (Å²) in [5.74, 6) is 0.775. The number of aryl methyl sites for hydroxylation is 2. The van der Waals surface area contributed by atoms with Gasteiger partial charge in [-0.25, -0.2) is 9.78 Å². The molecule has 1 saturated heterocycles. The maximum Gasteiger partial charge on any atom is 0.324 e. The third-order valence-corrected chi connectivity index (χ3v) is 6.71. The summed E-state index contributed by atoms with van der Waals surface area (Å²) in [6.45, 7) is 3.07. The fourth-order valence-corrected chi connectivity index (χ4v) is 5.26. The average molecular weight is 359 g/mol. The molecule has 0 saturated carbocycles. The van der Waals surface area contributed by atoms with E-state index in [1.807, 2.05) is 24.2 Å². The minimum Gasteiger partial charge on any atom is -0.353 e. The van der Waals surface area contributed by atoms with Crippen LogP contribution in [0, 0.1) is 5.92 Å². The fourth-order valence-electron chi connectivity index (χ4n) is 4.15. The molecular formula is C19H26N4OS. The SMILES string of the molecule is CCC1CCc2nc(NC(=O)N3CCCC3c3cccn3C)sc2C1. The van der Waals surface area contributed by atoms with Gasteiger partial charge in [-0.2, -0.15) is 0 Å². The molecule has 2 unspecified atom stereocenters. The lowest BCUT2D eigenvalue weighted by atomic mass is 9.89. The fraction of sp³-hybridized carbons (Fsp3) is 0.579. The number of hydrogen-bond donors (Lipinski definition) is 1. The number of nitrogens with one attached hydrogen (secondary N) is 1. The molecule has 5 nitrogen and oxygen atoms in total. The van der Waals surface area contributed by atoms with E-state index in [2.05, 4.69) is 22.9 Å². The van der Waals surface area contributed by atoms with Gasteiger partial charge in [-0.1, -0.05) is 13.3 Å². The van der Waals surface area contributed by atoms with Crippen LogP contribution in [0.5, 0.6) is 0 Å². The molecule has 1 N–H and O–H groups in total. The Bertz CT molecular complexity index is 765. The molecule has 2 amide bonds. The molecule has 4 rings (SSSR count). The van der Waals surface area contributed by atoms with Crippen molar-refractivity contribution in [1.29, 1.82) is 0 Å². The van der Waals surface area contributed by atoms with Gasteiger partial charge < -0.3 is 9.47 Å². The smallest absolute Gasteiger partial charge is 0.324 e. The number of carbonyl (C=O) groups is 1. The molecule has 1 aliphatic heterocycles. The Morgan fingerprint density at radius 3 is 3.08 bits per heavy atom. The van der Waals surface area contributed by atoms with Crippen LogP contribution in [0.1, 0.15) is 54.9 Å². The molecule has 0 bridgehead atoms. The first kappa shape index (κ1) is 16.6. The van der Waals surface area contributed by atoms with E-state index in [4.69, 9.17) is 4.98 Å². The van der Waals surface area contributed by atoms with Crippen molar-refractivity contribution in [2.45, 2.75) is 51.5 Å². The van der Waals surface area contributed by atoms with Crippen molar-refractivity contribution in [2.24, 2.45) is 13.0 Å². The zero-order chi connectivity index (χ0) is 17.4. The van der Waals surface area contributed by atoms with Crippen LogP contribution in [0.15, 0.2) is 18.3 Å². The van der Waals surface area contributed by atoms with E-state index < -0.39 is 0 Å². The molecule has 0 spiro atoms. The van der Waals surface area contributed by atoms with Gasteiger partial charge in [0.25, 0.3) is 0 Å². The second-order valence-corrected chi connectivity index (χ2v) is 8.32. The maximum atomic E-state index is 12.8. The number of fused-ring (bicyclic) bond motifs is 1. The first-order chi connectivity index (χ1) is 12.2. The topological polar surface area (TPSA) is 50.2 Å². The molecule has 1 fully saturated rings. The summed E-state index contributed by atoms with van der Waals surface area (Å²) < 4.78 is 2.11. The number of thiazole rings is 1. The molecule has 6 heteroatoms. The van der Waals surface area contributed by atoms with Crippen LogP contribution in [0.2, 0.25) is 0 Å². The van der Waals surface area contributed by atoms with Crippen LogP contribution in [-0.4, -0.2) is 27.0 Å². The number of hydrogen-bond acceptors (Lipinski definition) is 3. The van der Waals surface area contributed by atoms with Gasteiger partial charge >= 0.3 is 6.03 Å². The van der Waals surface area contributed by atoms with E-state index in [1.165, 1.54) is 29.1 Å². The predicted molar refractivity (Wildman–Crippen MR) is 101 cm³/mol. The number of urea groups is 1. The molecule has 2 atom stereocenters. The minimum absolute atomic E-state index is 0.0122. The highest BCUT2D eigenvalue weighted by molar-refractivity contribution is 7.15. The number of amides is 2. The van der Waals surface area contributed by atoms with Crippen LogP contribution in [0.25, 0.3) is 0 Å². The van der Waals surface area contributed by atoms with Crippen molar-refractivity contribution in [2.75, 3.05) is 11.9 Å². The maximum absolute atomic E-state index is 12.8. The van der Waals surface area contributed by atoms with E-state index >= 15 is 0 Å². The second kappa shape index (κ2) is 6.83. The highest BCUT2D eigenvalue weighted by Gasteiger charge is 2.32. The lowest BCUT2D eigenvalue weighted by molar-refractivity contribution is 0.205. The van der Waals surface area contributed by atoms with Gasteiger partial charge in [0.05, 0.1) is 11.7 Å². The van der Waals surface area contributed by atoms with Gasteiger partial charge in [0.15, 0.2) is 5.13 Å². The Morgan fingerprint density at radius 2 is 2.32 bits per heavy atom. The molecule has 25 heavy (non-hydrogen) atoms. The number of likely N-dealkylation sites (tertiary alicyclic amines) is 1. The highest BCUT2D eigenvalue weighted by atomic mass is 32.1. The molecule has 2 aliphatic rings. The molecule has 2 aromatic heterocycles. The Morgan fingerprint density at radius 1 is 1.44 bits per heavy atom. The van der Waals surface area contributed by atoms with E-state index in [0.29, 0.717) is 0 Å². The third-order valence-electron chi connectivity index (χ3n) is 5.67. The van der Waals surface area contributed by atoms with Crippen molar-refractivity contribution in [3.05, 3.63) is 34.6 Å². The Kier molecular flexibility index (Phi) is 4.54. The van der Waals surface area contributed by atoms with Gasteiger partial charge in [0.2, 0.25) is 0 Å². The zero-order valence-electron chi connectivity index (χ0n) is 15.0. The van der Waals surface area contributed by atoms with Crippen molar-refractivity contribution in [3.63, 3.8) is 0 Å². The first-order valence-corrected chi connectivity index (χ1v) is 10.1. The monoisotopic (exact) mass is 358 g/mol. The molecule has 3 heterocycles. The van der Waals surface area contributed by atoms with Crippen LogP contribution in [0.3, 0.4) is 0 Å². The van der Waals surface area contributed by atoms with Gasteiger partial charge in [-0.15, -0.1) is 11.3 Å². The van der Waals surface area contributed by atoms with Crippen molar-refractivity contribution in [1.82, 2.24) is 14.5 Å². The van der Waals surface area contributed by atoms with Crippen molar-refractivity contribution < 1.29 is 4.79 Å².